The average Bonchev–Trinajstić information content (AvgIpc) is 2.68. The molecule has 1 aliphatic rings. The largest absolute Gasteiger partial charge is 0.349 e. The van der Waals surface area contributed by atoms with Crippen molar-refractivity contribution in [2.45, 2.75) is 51.1 Å². The Morgan fingerprint density at radius 3 is 2.33 bits per heavy atom. The SMILES string of the molecule is CC(NC(=O)C1CCCCC1(C)N)c1ccc(NC(=O)c2ccncc2)cc1.Cl.Cl. The smallest absolute Gasteiger partial charge is 0.255 e. The van der Waals surface area contributed by atoms with Crippen LogP contribution in [0.3, 0.4) is 0 Å². The Bertz CT molecular complexity index is 829. The predicted molar refractivity (Wildman–Crippen MR) is 124 cm³/mol. The van der Waals surface area contributed by atoms with Crippen LogP contribution in [0.1, 0.15) is 61.5 Å². The van der Waals surface area contributed by atoms with E-state index in [-0.39, 0.29) is 48.6 Å². The molecule has 0 aliphatic heterocycles. The van der Waals surface area contributed by atoms with Gasteiger partial charge in [-0.2, -0.15) is 0 Å². The van der Waals surface area contributed by atoms with Crippen LogP contribution in [-0.2, 0) is 4.79 Å². The van der Waals surface area contributed by atoms with E-state index in [0.717, 1.165) is 31.2 Å². The highest BCUT2D eigenvalue weighted by Gasteiger charge is 2.38. The molecular weight excluding hydrogens is 423 g/mol. The molecule has 3 unspecified atom stereocenters. The fraction of sp³-hybridized carbons (Fsp3) is 0.409. The van der Waals surface area contributed by atoms with E-state index in [2.05, 4.69) is 15.6 Å². The maximum Gasteiger partial charge on any atom is 0.255 e. The molecule has 1 fully saturated rings. The summed E-state index contributed by atoms with van der Waals surface area (Å²) in [6.07, 6.45) is 7.02. The van der Waals surface area contributed by atoms with Crippen molar-refractivity contribution in [3.8, 4) is 0 Å². The summed E-state index contributed by atoms with van der Waals surface area (Å²) in [6, 6.07) is 10.7. The first kappa shape index (κ1) is 25.9. The van der Waals surface area contributed by atoms with Gasteiger partial charge in [-0.1, -0.05) is 25.0 Å². The van der Waals surface area contributed by atoms with Crippen molar-refractivity contribution in [2.75, 3.05) is 5.32 Å². The van der Waals surface area contributed by atoms with Crippen molar-refractivity contribution in [1.29, 1.82) is 0 Å². The van der Waals surface area contributed by atoms with Crippen LogP contribution < -0.4 is 16.4 Å². The second-order valence-corrected chi connectivity index (χ2v) is 7.85. The van der Waals surface area contributed by atoms with Crippen LogP contribution in [0.15, 0.2) is 48.8 Å². The van der Waals surface area contributed by atoms with Gasteiger partial charge in [-0.3, -0.25) is 14.6 Å². The summed E-state index contributed by atoms with van der Waals surface area (Å²) in [5, 5.41) is 5.95. The molecule has 0 spiro atoms. The van der Waals surface area contributed by atoms with Gasteiger partial charge in [0.25, 0.3) is 5.91 Å². The highest BCUT2D eigenvalue weighted by molar-refractivity contribution is 6.04. The third-order valence-electron chi connectivity index (χ3n) is 5.54. The number of anilines is 1. The molecule has 30 heavy (non-hydrogen) atoms. The molecule has 1 heterocycles. The topological polar surface area (TPSA) is 97.1 Å². The number of amides is 2. The Balaban J connectivity index is 0.00000225. The second kappa shape index (κ2) is 11.3. The van der Waals surface area contributed by atoms with E-state index in [9.17, 15) is 9.59 Å². The minimum absolute atomic E-state index is 0. The standard InChI is InChI=1S/C22H28N4O2.2ClH/c1-15(25-21(28)19-5-3-4-12-22(19,2)23)16-6-8-18(9-7-16)26-20(27)17-10-13-24-14-11-17;;/h6-11,13-15,19H,3-5,12,23H2,1-2H3,(H,25,28)(H,26,27);2*1H. The van der Waals surface area contributed by atoms with Crippen LogP contribution in [0.5, 0.6) is 0 Å². The lowest BCUT2D eigenvalue weighted by atomic mass is 9.74. The van der Waals surface area contributed by atoms with Gasteiger partial charge in [0.15, 0.2) is 0 Å². The van der Waals surface area contributed by atoms with Crippen molar-refractivity contribution in [2.24, 2.45) is 11.7 Å². The molecule has 0 saturated heterocycles. The Labute approximate surface area is 190 Å². The molecular formula is C22H30Cl2N4O2. The number of aromatic nitrogens is 1. The van der Waals surface area contributed by atoms with E-state index in [1.54, 1.807) is 24.5 Å². The van der Waals surface area contributed by atoms with E-state index >= 15 is 0 Å². The van der Waals surface area contributed by atoms with Crippen molar-refractivity contribution in [1.82, 2.24) is 10.3 Å². The molecule has 6 nitrogen and oxygen atoms in total. The lowest BCUT2D eigenvalue weighted by Gasteiger charge is -2.37. The van der Waals surface area contributed by atoms with Crippen LogP contribution in [0.4, 0.5) is 5.69 Å². The minimum Gasteiger partial charge on any atom is -0.349 e. The molecule has 164 valence electrons. The first-order valence-electron chi connectivity index (χ1n) is 9.77. The molecule has 3 atom stereocenters. The first-order valence-corrected chi connectivity index (χ1v) is 9.77. The van der Waals surface area contributed by atoms with Gasteiger partial charge in [-0.05, 0) is 56.5 Å². The quantitative estimate of drug-likeness (QED) is 0.630. The molecule has 0 radical (unpaired) electrons. The third kappa shape index (κ3) is 6.42. The molecule has 1 aromatic carbocycles. The van der Waals surface area contributed by atoms with Crippen LogP contribution in [-0.4, -0.2) is 22.3 Å². The van der Waals surface area contributed by atoms with Gasteiger partial charge in [0.05, 0.1) is 12.0 Å². The number of hydrogen-bond acceptors (Lipinski definition) is 4. The maximum absolute atomic E-state index is 12.7. The van der Waals surface area contributed by atoms with Gasteiger partial charge in [0.1, 0.15) is 0 Å². The van der Waals surface area contributed by atoms with Gasteiger partial charge in [0.2, 0.25) is 5.91 Å². The van der Waals surface area contributed by atoms with Crippen LogP contribution in [0.25, 0.3) is 0 Å². The second-order valence-electron chi connectivity index (χ2n) is 7.85. The zero-order valence-electron chi connectivity index (χ0n) is 17.3. The van der Waals surface area contributed by atoms with Crippen molar-refractivity contribution >= 4 is 42.3 Å². The van der Waals surface area contributed by atoms with Crippen molar-refractivity contribution < 1.29 is 9.59 Å². The summed E-state index contributed by atoms with van der Waals surface area (Å²) in [5.41, 5.74) is 8.13. The van der Waals surface area contributed by atoms with E-state index in [0.29, 0.717) is 11.3 Å². The summed E-state index contributed by atoms with van der Waals surface area (Å²) in [4.78, 5) is 28.8. The van der Waals surface area contributed by atoms with Gasteiger partial charge < -0.3 is 16.4 Å². The van der Waals surface area contributed by atoms with Gasteiger partial charge in [-0.25, -0.2) is 0 Å². The maximum atomic E-state index is 12.7. The average molecular weight is 453 g/mol. The van der Waals surface area contributed by atoms with Crippen molar-refractivity contribution in [3.05, 3.63) is 59.9 Å². The molecule has 2 aromatic rings. The lowest BCUT2D eigenvalue weighted by Crippen LogP contribution is -2.53. The Morgan fingerprint density at radius 1 is 1.10 bits per heavy atom. The van der Waals surface area contributed by atoms with E-state index in [4.69, 9.17) is 5.73 Å². The van der Waals surface area contributed by atoms with Crippen LogP contribution >= 0.6 is 24.8 Å². The highest BCUT2D eigenvalue weighted by Crippen LogP contribution is 2.32. The number of carbonyl (C=O) groups excluding carboxylic acids is 2. The van der Waals surface area contributed by atoms with Crippen molar-refractivity contribution in [3.63, 3.8) is 0 Å². The number of nitrogens with one attached hydrogen (secondary N) is 2. The number of nitrogens with zero attached hydrogens (tertiary/aromatic N) is 1. The van der Waals surface area contributed by atoms with E-state index in [1.807, 2.05) is 38.1 Å². The molecule has 1 aliphatic carbocycles. The van der Waals surface area contributed by atoms with Gasteiger partial charge in [0, 0.05) is 29.2 Å². The summed E-state index contributed by atoms with van der Waals surface area (Å²) in [7, 11) is 0. The van der Waals surface area contributed by atoms with Crippen LogP contribution in [0.2, 0.25) is 0 Å². The molecule has 3 rings (SSSR count). The molecule has 2 amide bonds. The number of nitrogens with two attached hydrogens (primary N) is 1. The third-order valence-corrected chi connectivity index (χ3v) is 5.54. The number of carbonyl (C=O) groups is 2. The van der Waals surface area contributed by atoms with Gasteiger partial charge in [-0.15, -0.1) is 24.8 Å². The predicted octanol–water partition coefficient (Wildman–Crippen LogP) is 4.26. The lowest BCUT2D eigenvalue weighted by molar-refractivity contribution is -0.128. The number of benzene rings is 1. The zero-order chi connectivity index (χ0) is 20.1. The van der Waals surface area contributed by atoms with Crippen LogP contribution in [0, 0.1) is 5.92 Å². The fourth-order valence-corrected chi connectivity index (χ4v) is 3.75. The highest BCUT2D eigenvalue weighted by atomic mass is 35.5. The molecule has 8 heteroatoms. The number of pyridine rings is 1. The number of hydrogen-bond donors (Lipinski definition) is 3. The summed E-state index contributed by atoms with van der Waals surface area (Å²) in [5.74, 6) is -0.314. The first-order chi connectivity index (χ1) is 13.4. The Hall–Kier alpha value is -2.15. The summed E-state index contributed by atoms with van der Waals surface area (Å²) in [6.45, 7) is 3.93. The summed E-state index contributed by atoms with van der Waals surface area (Å²) < 4.78 is 0. The molecule has 1 aromatic heterocycles. The van der Waals surface area contributed by atoms with Gasteiger partial charge >= 0.3 is 0 Å². The van der Waals surface area contributed by atoms with E-state index < -0.39 is 5.54 Å². The number of rotatable bonds is 5. The Morgan fingerprint density at radius 2 is 1.73 bits per heavy atom. The minimum atomic E-state index is -0.441. The Kier molecular flexibility index (Phi) is 9.75. The molecule has 4 N–H and O–H groups in total. The van der Waals surface area contributed by atoms with E-state index in [1.165, 1.54) is 0 Å². The summed E-state index contributed by atoms with van der Waals surface area (Å²) >= 11 is 0. The monoisotopic (exact) mass is 452 g/mol. The molecule has 1 saturated carbocycles. The fourth-order valence-electron chi connectivity index (χ4n) is 3.75. The zero-order valence-corrected chi connectivity index (χ0v) is 18.9. The number of halogens is 2. The normalized spacial score (nSPS) is 21.4. The molecule has 0 bridgehead atoms.